The van der Waals surface area contributed by atoms with E-state index in [1.165, 1.54) is 13.3 Å². The van der Waals surface area contributed by atoms with Crippen molar-refractivity contribution >= 4 is 23.4 Å². The van der Waals surface area contributed by atoms with Gasteiger partial charge in [0.15, 0.2) is 0 Å². The molecule has 1 aromatic rings. The standard InChI is InChI=1S/C18H24ClNO3/c1-3-23-18(22)16(13(2)21)17(20-11-5-4-6-12-20)14-7-9-15(19)10-8-14/h7-10,16-17H,3-6,11-12H2,1-2H3. The van der Waals surface area contributed by atoms with E-state index in [9.17, 15) is 9.59 Å². The monoisotopic (exact) mass is 337 g/mol. The second-order valence-electron chi connectivity index (χ2n) is 5.93. The average Bonchev–Trinajstić information content (AvgIpc) is 2.54. The fourth-order valence-electron chi connectivity index (χ4n) is 3.22. The van der Waals surface area contributed by atoms with Crippen molar-refractivity contribution < 1.29 is 14.3 Å². The number of hydrogen-bond donors (Lipinski definition) is 0. The van der Waals surface area contributed by atoms with E-state index in [0.29, 0.717) is 5.02 Å². The number of esters is 1. The summed E-state index contributed by atoms with van der Waals surface area (Å²) in [6.45, 7) is 5.27. The molecule has 5 heteroatoms. The van der Waals surface area contributed by atoms with Crippen molar-refractivity contribution in [2.24, 2.45) is 5.92 Å². The largest absolute Gasteiger partial charge is 0.465 e. The molecule has 23 heavy (non-hydrogen) atoms. The number of hydrogen-bond acceptors (Lipinski definition) is 4. The molecule has 1 aliphatic rings. The lowest BCUT2D eigenvalue weighted by Crippen LogP contribution is -2.43. The van der Waals surface area contributed by atoms with E-state index < -0.39 is 11.9 Å². The fraction of sp³-hybridized carbons (Fsp3) is 0.556. The van der Waals surface area contributed by atoms with E-state index in [1.807, 2.05) is 12.1 Å². The average molecular weight is 338 g/mol. The maximum atomic E-state index is 12.4. The van der Waals surface area contributed by atoms with Crippen LogP contribution in [0.3, 0.4) is 0 Å². The third-order valence-corrected chi connectivity index (χ3v) is 4.54. The molecule has 2 rings (SSSR count). The number of carbonyl (C=O) groups is 2. The van der Waals surface area contributed by atoms with Gasteiger partial charge in [-0.2, -0.15) is 0 Å². The normalized spacial score (nSPS) is 18.2. The lowest BCUT2D eigenvalue weighted by Gasteiger charge is -2.37. The Hall–Kier alpha value is -1.39. The Balaban J connectivity index is 2.39. The number of likely N-dealkylation sites (tertiary alicyclic amines) is 1. The van der Waals surface area contributed by atoms with Crippen molar-refractivity contribution in [2.45, 2.75) is 39.2 Å². The van der Waals surface area contributed by atoms with Crippen molar-refractivity contribution in [1.29, 1.82) is 0 Å². The number of Topliss-reactive ketones (excluding diaryl/α,β-unsaturated/α-hetero) is 1. The smallest absolute Gasteiger partial charge is 0.318 e. The number of rotatable bonds is 6. The van der Waals surface area contributed by atoms with Crippen LogP contribution in [0.5, 0.6) is 0 Å². The molecule has 0 aliphatic carbocycles. The second kappa shape index (κ2) is 8.46. The number of ketones is 1. The fourth-order valence-corrected chi connectivity index (χ4v) is 3.35. The molecule has 126 valence electrons. The van der Waals surface area contributed by atoms with Crippen LogP contribution in [0.1, 0.15) is 44.7 Å². The van der Waals surface area contributed by atoms with Crippen LogP contribution in [-0.2, 0) is 14.3 Å². The Kier molecular flexibility index (Phi) is 6.60. The van der Waals surface area contributed by atoms with Crippen molar-refractivity contribution in [1.82, 2.24) is 4.90 Å². The maximum absolute atomic E-state index is 12.4. The van der Waals surface area contributed by atoms with Crippen LogP contribution in [0.25, 0.3) is 0 Å². The quantitative estimate of drug-likeness (QED) is 0.587. The molecule has 1 heterocycles. The molecule has 0 radical (unpaired) electrons. The lowest BCUT2D eigenvalue weighted by atomic mass is 9.87. The molecule has 0 aromatic heterocycles. The van der Waals surface area contributed by atoms with Crippen LogP contribution in [-0.4, -0.2) is 36.3 Å². The zero-order chi connectivity index (χ0) is 16.8. The number of benzene rings is 1. The molecule has 2 atom stereocenters. The zero-order valence-electron chi connectivity index (χ0n) is 13.8. The second-order valence-corrected chi connectivity index (χ2v) is 6.37. The van der Waals surface area contributed by atoms with Crippen molar-refractivity contribution in [2.75, 3.05) is 19.7 Å². The number of ether oxygens (including phenoxy) is 1. The SMILES string of the molecule is CCOC(=O)C(C(C)=O)C(c1ccc(Cl)cc1)N1CCCCC1. The van der Waals surface area contributed by atoms with E-state index in [2.05, 4.69) is 4.90 Å². The lowest BCUT2D eigenvalue weighted by molar-refractivity contribution is -0.154. The van der Waals surface area contributed by atoms with Gasteiger partial charge in [-0.25, -0.2) is 0 Å². The van der Waals surface area contributed by atoms with Crippen molar-refractivity contribution in [3.05, 3.63) is 34.9 Å². The minimum Gasteiger partial charge on any atom is -0.465 e. The summed E-state index contributed by atoms with van der Waals surface area (Å²) in [5.41, 5.74) is 0.935. The Morgan fingerprint density at radius 3 is 2.30 bits per heavy atom. The van der Waals surface area contributed by atoms with Gasteiger partial charge in [0.05, 0.1) is 12.6 Å². The molecule has 1 saturated heterocycles. The van der Waals surface area contributed by atoms with Gasteiger partial charge in [-0.15, -0.1) is 0 Å². The first kappa shape index (κ1) is 18.0. The summed E-state index contributed by atoms with van der Waals surface area (Å²) in [6, 6.07) is 7.11. The minimum atomic E-state index is -0.797. The molecule has 1 aliphatic heterocycles. The summed E-state index contributed by atoms with van der Waals surface area (Å²) in [4.78, 5) is 26.9. The molecule has 0 spiro atoms. The van der Waals surface area contributed by atoms with Gasteiger partial charge in [0.25, 0.3) is 0 Å². The topological polar surface area (TPSA) is 46.6 Å². The Morgan fingerprint density at radius 2 is 1.78 bits per heavy atom. The van der Waals surface area contributed by atoms with Crippen LogP contribution >= 0.6 is 11.6 Å². The number of carbonyl (C=O) groups excluding carboxylic acids is 2. The molecule has 0 N–H and O–H groups in total. The van der Waals surface area contributed by atoms with Gasteiger partial charge in [0.1, 0.15) is 11.7 Å². The highest BCUT2D eigenvalue weighted by Gasteiger charge is 2.38. The Labute approximate surface area is 142 Å². The Bertz CT molecular complexity index is 538. The first-order valence-corrected chi connectivity index (χ1v) is 8.59. The predicted octanol–water partition coefficient (Wildman–Crippen LogP) is 3.64. The van der Waals surface area contributed by atoms with Gasteiger partial charge >= 0.3 is 5.97 Å². The summed E-state index contributed by atoms with van der Waals surface area (Å²) in [5.74, 6) is -1.39. The molecule has 4 nitrogen and oxygen atoms in total. The summed E-state index contributed by atoms with van der Waals surface area (Å²) in [6.07, 6.45) is 3.35. The molecule has 2 unspecified atom stereocenters. The predicted molar refractivity (Wildman–Crippen MR) is 90.4 cm³/mol. The van der Waals surface area contributed by atoms with Gasteiger partial charge < -0.3 is 4.74 Å². The third kappa shape index (κ3) is 4.55. The zero-order valence-corrected chi connectivity index (χ0v) is 14.5. The molecule has 1 aromatic carbocycles. The summed E-state index contributed by atoms with van der Waals surface area (Å²) < 4.78 is 5.17. The van der Waals surface area contributed by atoms with E-state index in [0.717, 1.165) is 31.5 Å². The molecule has 0 bridgehead atoms. The van der Waals surface area contributed by atoms with Crippen molar-refractivity contribution in [3.63, 3.8) is 0 Å². The molecular weight excluding hydrogens is 314 g/mol. The number of halogens is 1. The maximum Gasteiger partial charge on any atom is 0.318 e. The Morgan fingerprint density at radius 1 is 1.17 bits per heavy atom. The molecule has 0 saturated carbocycles. The number of piperidine rings is 1. The molecular formula is C18H24ClNO3. The highest BCUT2D eigenvalue weighted by molar-refractivity contribution is 6.30. The van der Waals surface area contributed by atoms with Crippen LogP contribution in [0.15, 0.2) is 24.3 Å². The van der Waals surface area contributed by atoms with Crippen molar-refractivity contribution in [3.8, 4) is 0 Å². The summed E-state index contributed by atoms with van der Waals surface area (Å²) >= 11 is 5.98. The minimum absolute atomic E-state index is 0.158. The third-order valence-electron chi connectivity index (χ3n) is 4.29. The highest BCUT2D eigenvalue weighted by atomic mass is 35.5. The molecule has 0 amide bonds. The van der Waals surface area contributed by atoms with E-state index in [1.54, 1.807) is 19.1 Å². The van der Waals surface area contributed by atoms with Crippen LogP contribution in [0.2, 0.25) is 5.02 Å². The van der Waals surface area contributed by atoms with Gasteiger partial charge in [0, 0.05) is 5.02 Å². The van der Waals surface area contributed by atoms with Gasteiger partial charge in [-0.3, -0.25) is 14.5 Å². The van der Waals surface area contributed by atoms with Gasteiger partial charge in [-0.05, 0) is 57.5 Å². The van der Waals surface area contributed by atoms with Crippen LogP contribution < -0.4 is 0 Å². The van der Waals surface area contributed by atoms with Gasteiger partial charge in [0.2, 0.25) is 0 Å². The first-order chi connectivity index (χ1) is 11.0. The van der Waals surface area contributed by atoms with Gasteiger partial charge in [-0.1, -0.05) is 30.2 Å². The molecule has 1 fully saturated rings. The van der Waals surface area contributed by atoms with Crippen LogP contribution in [0.4, 0.5) is 0 Å². The van der Waals surface area contributed by atoms with E-state index >= 15 is 0 Å². The summed E-state index contributed by atoms with van der Waals surface area (Å²) in [5, 5.41) is 0.640. The van der Waals surface area contributed by atoms with E-state index in [4.69, 9.17) is 16.3 Å². The highest BCUT2D eigenvalue weighted by Crippen LogP contribution is 2.33. The number of nitrogens with zero attached hydrogens (tertiary/aromatic N) is 1. The van der Waals surface area contributed by atoms with E-state index in [-0.39, 0.29) is 18.4 Å². The first-order valence-electron chi connectivity index (χ1n) is 8.21. The van der Waals surface area contributed by atoms with Crippen LogP contribution in [0, 0.1) is 5.92 Å². The summed E-state index contributed by atoms with van der Waals surface area (Å²) in [7, 11) is 0.